The fraction of sp³-hybridized carbons (Fsp3) is 0.0714. The van der Waals surface area contributed by atoms with Gasteiger partial charge in [0.05, 0.1) is 16.9 Å². The van der Waals surface area contributed by atoms with Crippen LogP contribution in [0.3, 0.4) is 0 Å². The van der Waals surface area contributed by atoms with Gasteiger partial charge in [-0.25, -0.2) is 4.21 Å². The lowest BCUT2D eigenvalue weighted by Gasteiger charge is -2.09. The van der Waals surface area contributed by atoms with Gasteiger partial charge in [-0.3, -0.25) is 0 Å². The van der Waals surface area contributed by atoms with Crippen LogP contribution in [0.15, 0.2) is 68.8 Å². The lowest BCUT2D eigenvalue weighted by Crippen LogP contribution is -2.01. The molecule has 0 N–H and O–H groups in total. The predicted octanol–water partition coefficient (Wildman–Crippen LogP) is 3.06. The highest BCUT2D eigenvalue weighted by atomic mass is 32.2. The molecule has 0 bridgehead atoms. The van der Waals surface area contributed by atoms with E-state index in [1.807, 2.05) is 6.07 Å². The molecule has 2 aromatic carbocycles. The zero-order valence-corrected chi connectivity index (χ0v) is 11.1. The molecular weight excluding hydrogens is 260 g/mol. The third-order valence-electron chi connectivity index (χ3n) is 2.61. The molecule has 0 fully saturated rings. The molecule has 2 rings (SSSR count). The van der Waals surface area contributed by atoms with Crippen molar-refractivity contribution in [3.05, 3.63) is 54.6 Å². The van der Waals surface area contributed by atoms with Crippen LogP contribution in [0.1, 0.15) is 0 Å². The molecule has 0 saturated heterocycles. The first kappa shape index (κ1) is 13.1. The zero-order chi connectivity index (χ0) is 13.7. The highest BCUT2D eigenvalue weighted by molar-refractivity contribution is 7.93. The first-order chi connectivity index (χ1) is 9.20. The first-order valence-corrected chi connectivity index (χ1v) is 7.06. The summed E-state index contributed by atoms with van der Waals surface area (Å²) in [6.07, 6.45) is 1.65. The molecule has 0 aliphatic heterocycles. The lowest BCUT2D eigenvalue weighted by atomic mass is 10.3. The van der Waals surface area contributed by atoms with Crippen LogP contribution in [-0.4, -0.2) is 11.3 Å². The van der Waals surface area contributed by atoms with Crippen LogP contribution >= 0.6 is 0 Å². The van der Waals surface area contributed by atoms with Gasteiger partial charge in [-0.15, -0.1) is 4.36 Å². The van der Waals surface area contributed by atoms with Crippen LogP contribution in [0.2, 0.25) is 0 Å². The quantitative estimate of drug-likeness (QED) is 0.807. The molecule has 0 amide bonds. The molecule has 1 unspecified atom stereocenters. The van der Waals surface area contributed by atoms with Crippen molar-refractivity contribution >= 4 is 9.73 Å². The summed E-state index contributed by atoms with van der Waals surface area (Å²) in [5, 5.41) is 8.80. The second-order valence-corrected chi connectivity index (χ2v) is 5.88. The maximum atomic E-state index is 13.0. The Kier molecular flexibility index (Phi) is 3.83. The number of ether oxygens (including phenoxy) is 1. The standard InChI is InChI=1S/C14H12N2O2S/c1-18-12-7-9-14(10-8-12)19(17,16-11-15)13-5-3-2-4-6-13/h2-10H,1H3. The minimum Gasteiger partial charge on any atom is -0.497 e. The third kappa shape index (κ3) is 2.59. The highest BCUT2D eigenvalue weighted by Gasteiger charge is 2.15. The second kappa shape index (κ2) is 5.55. The van der Waals surface area contributed by atoms with E-state index in [0.717, 1.165) is 0 Å². The van der Waals surface area contributed by atoms with Crippen molar-refractivity contribution in [2.75, 3.05) is 7.11 Å². The number of methoxy groups -OCH3 is 1. The summed E-state index contributed by atoms with van der Waals surface area (Å²) >= 11 is 0. The van der Waals surface area contributed by atoms with Gasteiger partial charge in [0, 0.05) is 0 Å². The summed E-state index contributed by atoms with van der Waals surface area (Å²) < 4.78 is 21.7. The third-order valence-corrected chi connectivity index (χ3v) is 4.77. The van der Waals surface area contributed by atoms with Crippen LogP contribution in [0, 0.1) is 11.5 Å². The van der Waals surface area contributed by atoms with Crippen LogP contribution in [0.5, 0.6) is 5.75 Å². The van der Waals surface area contributed by atoms with Crippen molar-refractivity contribution in [3.8, 4) is 11.9 Å². The summed E-state index contributed by atoms with van der Waals surface area (Å²) in [6, 6.07) is 15.5. The van der Waals surface area contributed by atoms with Crippen molar-refractivity contribution in [2.24, 2.45) is 4.36 Å². The second-order valence-electron chi connectivity index (χ2n) is 3.71. The topological polar surface area (TPSA) is 62.4 Å². The molecule has 0 radical (unpaired) electrons. The number of hydrogen-bond acceptors (Lipinski definition) is 4. The van der Waals surface area contributed by atoms with Crippen molar-refractivity contribution < 1.29 is 8.95 Å². The van der Waals surface area contributed by atoms with E-state index in [9.17, 15) is 4.21 Å². The van der Waals surface area contributed by atoms with Gasteiger partial charge < -0.3 is 4.74 Å². The number of hydrogen-bond donors (Lipinski definition) is 0. The largest absolute Gasteiger partial charge is 0.497 e. The molecule has 0 aliphatic rings. The van der Waals surface area contributed by atoms with E-state index in [-0.39, 0.29) is 0 Å². The normalized spacial score (nSPS) is 13.1. The van der Waals surface area contributed by atoms with Gasteiger partial charge in [-0.05, 0) is 36.4 Å². The lowest BCUT2D eigenvalue weighted by molar-refractivity contribution is 0.414. The maximum absolute atomic E-state index is 13.0. The molecule has 5 heteroatoms. The van der Waals surface area contributed by atoms with Crippen molar-refractivity contribution in [2.45, 2.75) is 9.79 Å². The summed E-state index contributed by atoms with van der Waals surface area (Å²) in [7, 11) is -1.35. The number of nitrogens with zero attached hydrogens (tertiary/aromatic N) is 2. The SMILES string of the molecule is COc1ccc(S(=O)(=NC#N)c2ccccc2)cc1. The van der Waals surface area contributed by atoms with E-state index < -0.39 is 9.73 Å². The van der Waals surface area contributed by atoms with Crippen LogP contribution in [-0.2, 0) is 9.73 Å². The smallest absolute Gasteiger partial charge is 0.215 e. The first-order valence-electron chi connectivity index (χ1n) is 5.55. The fourth-order valence-corrected chi connectivity index (χ4v) is 3.29. The Morgan fingerprint density at radius 3 is 2.16 bits per heavy atom. The molecular formula is C14H12N2O2S. The molecule has 0 heterocycles. The minimum atomic E-state index is -2.91. The number of rotatable bonds is 3. The summed E-state index contributed by atoms with van der Waals surface area (Å²) in [5.41, 5.74) is 0. The Hall–Kier alpha value is -2.32. The van der Waals surface area contributed by atoms with E-state index in [4.69, 9.17) is 10.00 Å². The molecule has 0 spiro atoms. The summed E-state index contributed by atoms with van der Waals surface area (Å²) in [6.45, 7) is 0. The summed E-state index contributed by atoms with van der Waals surface area (Å²) in [4.78, 5) is 1.00. The Balaban J connectivity index is 2.62. The highest BCUT2D eigenvalue weighted by Crippen LogP contribution is 2.25. The van der Waals surface area contributed by atoms with Gasteiger partial charge in [0.1, 0.15) is 15.5 Å². The van der Waals surface area contributed by atoms with Crippen molar-refractivity contribution in [1.82, 2.24) is 0 Å². The molecule has 0 aliphatic carbocycles. The predicted molar refractivity (Wildman–Crippen MR) is 72.2 cm³/mol. The monoisotopic (exact) mass is 272 g/mol. The Labute approximate surface area is 112 Å². The van der Waals surface area contributed by atoms with Crippen LogP contribution in [0.25, 0.3) is 0 Å². The average Bonchev–Trinajstić information content (AvgIpc) is 2.48. The van der Waals surface area contributed by atoms with Crippen LogP contribution < -0.4 is 4.74 Å². The molecule has 4 nitrogen and oxygen atoms in total. The minimum absolute atomic E-state index is 0.487. The van der Waals surface area contributed by atoms with Gasteiger partial charge in [0.2, 0.25) is 6.19 Å². The maximum Gasteiger partial charge on any atom is 0.215 e. The van der Waals surface area contributed by atoms with Gasteiger partial charge in [0.15, 0.2) is 0 Å². The zero-order valence-electron chi connectivity index (χ0n) is 10.3. The van der Waals surface area contributed by atoms with Gasteiger partial charge >= 0.3 is 0 Å². The number of nitriles is 1. The van der Waals surface area contributed by atoms with E-state index in [2.05, 4.69) is 4.36 Å². The van der Waals surface area contributed by atoms with E-state index in [1.165, 1.54) is 0 Å². The Morgan fingerprint density at radius 2 is 1.63 bits per heavy atom. The van der Waals surface area contributed by atoms with Gasteiger partial charge in [0.25, 0.3) is 0 Å². The van der Waals surface area contributed by atoms with E-state index in [1.54, 1.807) is 61.8 Å². The average molecular weight is 272 g/mol. The van der Waals surface area contributed by atoms with Gasteiger partial charge in [-0.1, -0.05) is 18.2 Å². The van der Waals surface area contributed by atoms with E-state index in [0.29, 0.717) is 15.5 Å². The van der Waals surface area contributed by atoms with Crippen molar-refractivity contribution in [1.29, 1.82) is 5.26 Å². The van der Waals surface area contributed by atoms with Gasteiger partial charge in [-0.2, -0.15) is 5.26 Å². The molecule has 19 heavy (non-hydrogen) atoms. The summed E-state index contributed by atoms with van der Waals surface area (Å²) in [5.74, 6) is 0.663. The molecule has 0 saturated carbocycles. The Morgan fingerprint density at radius 1 is 1.05 bits per heavy atom. The Bertz CT molecular complexity index is 709. The number of benzene rings is 2. The molecule has 1 atom stereocenters. The van der Waals surface area contributed by atoms with Crippen LogP contribution in [0.4, 0.5) is 0 Å². The fourth-order valence-electron chi connectivity index (χ4n) is 1.66. The molecule has 0 aromatic heterocycles. The van der Waals surface area contributed by atoms with Crippen molar-refractivity contribution in [3.63, 3.8) is 0 Å². The molecule has 96 valence electrons. The van der Waals surface area contributed by atoms with E-state index >= 15 is 0 Å². The molecule has 2 aromatic rings.